The molecule has 0 spiro atoms. The van der Waals surface area contributed by atoms with Crippen LogP contribution in [0.4, 0.5) is 0 Å². The van der Waals surface area contributed by atoms with Crippen LogP contribution in [0.3, 0.4) is 0 Å². The van der Waals surface area contributed by atoms with Gasteiger partial charge in [-0.15, -0.1) is 0 Å². The third kappa shape index (κ3) is 3.25. The minimum absolute atomic E-state index is 0.209. The predicted molar refractivity (Wildman–Crippen MR) is 56.4 cm³/mol. The van der Waals surface area contributed by atoms with Gasteiger partial charge in [0.15, 0.2) is 0 Å². The highest BCUT2D eigenvalue weighted by Crippen LogP contribution is 2.22. The van der Waals surface area contributed by atoms with Crippen molar-refractivity contribution in [2.45, 2.75) is 27.2 Å². The molecule has 1 amide bonds. The van der Waals surface area contributed by atoms with E-state index in [0.29, 0.717) is 13.0 Å². The summed E-state index contributed by atoms with van der Waals surface area (Å²) in [6.07, 6.45) is 0.480. The minimum Gasteiger partial charge on any atom is -0.343 e. The van der Waals surface area contributed by atoms with Crippen LogP contribution < -0.4 is 0 Å². The molecule has 0 aliphatic heterocycles. The molecule has 0 heterocycles. The van der Waals surface area contributed by atoms with Gasteiger partial charge in [0.2, 0.25) is 5.91 Å². The van der Waals surface area contributed by atoms with Crippen LogP contribution in [0.1, 0.15) is 27.2 Å². The van der Waals surface area contributed by atoms with E-state index in [1.54, 1.807) is 20.9 Å². The summed E-state index contributed by atoms with van der Waals surface area (Å²) in [4.78, 5) is 13.3. The summed E-state index contributed by atoms with van der Waals surface area (Å²) in [5.74, 6) is -0.423. The lowest BCUT2D eigenvalue weighted by Gasteiger charge is -2.26. The Hall–Kier alpha value is -1.55. The zero-order valence-electron chi connectivity index (χ0n) is 9.74. The summed E-state index contributed by atoms with van der Waals surface area (Å²) < 4.78 is 0. The first-order chi connectivity index (χ1) is 6.91. The summed E-state index contributed by atoms with van der Waals surface area (Å²) >= 11 is 0. The molecule has 0 aromatic carbocycles. The van der Waals surface area contributed by atoms with Gasteiger partial charge < -0.3 is 4.90 Å². The predicted octanol–water partition coefficient (Wildman–Crippen LogP) is 1.54. The number of amides is 1. The lowest BCUT2D eigenvalue weighted by molar-refractivity contribution is -0.137. The van der Waals surface area contributed by atoms with Gasteiger partial charge in [0.25, 0.3) is 0 Å². The van der Waals surface area contributed by atoms with Gasteiger partial charge in [-0.05, 0) is 20.3 Å². The maximum Gasteiger partial charge on any atom is 0.242 e. The SMILES string of the molecule is CCC(C)(C#N)C(=O)N(C)CC(C)C#N. The number of carbonyl (C=O) groups excluding carboxylic acids is 1. The highest BCUT2D eigenvalue weighted by Gasteiger charge is 2.34. The molecule has 0 aliphatic carbocycles. The van der Waals surface area contributed by atoms with Crippen LogP contribution in [0.15, 0.2) is 0 Å². The number of nitrogens with zero attached hydrogens (tertiary/aromatic N) is 3. The summed E-state index contributed by atoms with van der Waals surface area (Å²) in [7, 11) is 1.63. The number of rotatable bonds is 4. The monoisotopic (exact) mass is 207 g/mol. The number of carbonyl (C=O) groups is 1. The van der Waals surface area contributed by atoms with E-state index in [9.17, 15) is 4.79 Å². The number of nitriles is 2. The maximum atomic E-state index is 11.9. The Balaban J connectivity index is 4.60. The van der Waals surface area contributed by atoms with Crippen molar-refractivity contribution in [2.24, 2.45) is 11.3 Å². The third-order valence-electron chi connectivity index (χ3n) is 2.54. The largest absolute Gasteiger partial charge is 0.343 e. The fraction of sp³-hybridized carbons (Fsp3) is 0.727. The standard InChI is InChI=1S/C11H17N3O/c1-5-11(3,8-13)10(15)14(4)7-9(2)6-12/h9H,5,7H2,1-4H3. The van der Waals surface area contributed by atoms with E-state index in [1.165, 1.54) is 4.90 Å². The molecule has 4 nitrogen and oxygen atoms in total. The summed E-state index contributed by atoms with van der Waals surface area (Å²) in [5, 5.41) is 17.6. The molecule has 2 unspecified atom stereocenters. The van der Waals surface area contributed by atoms with Gasteiger partial charge in [-0.25, -0.2) is 0 Å². The Morgan fingerprint density at radius 1 is 1.53 bits per heavy atom. The van der Waals surface area contributed by atoms with Crippen molar-refractivity contribution in [2.75, 3.05) is 13.6 Å². The van der Waals surface area contributed by atoms with Gasteiger partial charge in [0.05, 0.1) is 18.1 Å². The van der Waals surface area contributed by atoms with Gasteiger partial charge in [0.1, 0.15) is 5.41 Å². The fourth-order valence-electron chi connectivity index (χ4n) is 1.23. The number of hydrogen-bond donors (Lipinski definition) is 0. The van der Waals surface area contributed by atoms with E-state index in [4.69, 9.17) is 10.5 Å². The third-order valence-corrected chi connectivity index (χ3v) is 2.54. The molecule has 0 saturated heterocycles. The lowest BCUT2D eigenvalue weighted by atomic mass is 9.87. The summed E-state index contributed by atoms with van der Waals surface area (Å²) in [5.41, 5.74) is -0.968. The van der Waals surface area contributed by atoms with E-state index in [0.717, 1.165) is 0 Å². The molecule has 82 valence electrons. The molecule has 0 rings (SSSR count). The normalized spacial score (nSPS) is 15.6. The Labute approximate surface area is 91.1 Å². The molecule has 0 aliphatic rings. The molecule has 0 radical (unpaired) electrons. The van der Waals surface area contributed by atoms with E-state index in [1.807, 2.05) is 13.0 Å². The number of hydrogen-bond acceptors (Lipinski definition) is 3. The second-order valence-electron chi connectivity index (χ2n) is 4.01. The molecule has 0 N–H and O–H groups in total. The van der Waals surface area contributed by atoms with Crippen LogP contribution in [0.25, 0.3) is 0 Å². The molecule has 0 saturated carbocycles. The van der Waals surface area contributed by atoms with Gasteiger partial charge >= 0.3 is 0 Å². The first-order valence-electron chi connectivity index (χ1n) is 4.97. The van der Waals surface area contributed by atoms with Gasteiger partial charge in [-0.3, -0.25) is 4.79 Å². The highest BCUT2D eigenvalue weighted by atomic mass is 16.2. The second-order valence-corrected chi connectivity index (χ2v) is 4.01. The maximum absolute atomic E-state index is 11.9. The molecular formula is C11H17N3O. The van der Waals surface area contributed by atoms with Crippen LogP contribution in [0.2, 0.25) is 0 Å². The molecule has 0 fully saturated rings. The highest BCUT2D eigenvalue weighted by molar-refractivity contribution is 5.84. The smallest absolute Gasteiger partial charge is 0.242 e. The molecule has 0 aromatic rings. The van der Waals surface area contributed by atoms with Crippen LogP contribution >= 0.6 is 0 Å². The van der Waals surface area contributed by atoms with Crippen molar-refractivity contribution in [1.29, 1.82) is 10.5 Å². The quantitative estimate of drug-likeness (QED) is 0.702. The molecular weight excluding hydrogens is 190 g/mol. The minimum atomic E-state index is -0.968. The van der Waals surface area contributed by atoms with Crippen molar-refractivity contribution in [3.8, 4) is 12.1 Å². The Bertz CT molecular complexity index is 313. The Kier molecular flexibility index (Phi) is 4.81. The van der Waals surface area contributed by atoms with E-state index >= 15 is 0 Å². The Morgan fingerprint density at radius 3 is 2.40 bits per heavy atom. The van der Waals surface area contributed by atoms with Crippen LogP contribution in [-0.4, -0.2) is 24.4 Å². The fourth-order valence-corrected chi connectivity index (χ4v) is 1.23. The van der Waals surface area contributed by atoms with Crippen molar-refractivity contribution in [1.82, 2.24) is 4.90 Å². The zero-order valence-corrected chi connectivity index (χ0v) is 9.74. The molecule has 0 aromatic heterocycles. The van der Waals surface area contributed by atoms with Crippen molar-refractivity contribution >= 4 is 5.91 Å². The van der Waals surface area contributed by atoms with Gasteiger partial charge in [-0.2, -0.15) is 10.5 Å². The van der Waals surface area contributed by atoms with Gasteiger partial charge in [-0.1, -0.05) is 6.92 Å². The van der Waals surface area contributed by atoms with Crippen LogP contribution in [0.5, 0.6) is 0 Å². The van der Waals surface area contributed by atoms with Crippen LogP contribution in [-0.2, 0) is 4.79 Å². The van der Waals surface area contributed by atoms with Crippen LogP contribution in [0, 0.1) is 34.0 Å². The summed E-state index contributed by atoms with van der Waals surface area (Å²) in [6.45, 7) is 5.55. The molecule has 4 heteroatoms. The summed E-state index contributed by atoms with van der Waals surface area (Å²) in [6, 6.07) is 4.09. The zero-order chi connectivity index (χ0) is 12.1. The lowest BCUT2D eigenvalue weighted by Crippen LogP contribution is -2.40. The first-order valence-corrected chi connectivity index (χ1v) is 4.97. The second kappa shape index (κ2) is 5.36. The topological polar surface area (TPSA) is 67.9 Å². The van der Waals surface area contributed by atoms with Crippen molar-refractivity contribution in [3.05, 3.63) is 0 Å². The molecule has 0 bridgehead atoms. The van der Waals surface area contributed by atoms with E-state index < -0.39 is 5.41 Å². The average molecular weight is 207 g/mol. The van der Waals surface area contributed by atoms with Crippen molar-refractivity contribution in [3.63, 3.8) is 0 Å². The Morgan fingerprint density at radius 2 is 2.07 bits per heavy atom. The van der Waals surface area contributed by atoms with E-state index in [2.05, 4.69) is 6.07 Å². The average Bonchev–Trinajstić information content (AvgIpc) is 2.26. The van der Waals surface area contributed by atoms with Gasteiger partial charge in [0, 0.05) is 13.6 Å². The molecule has 2 atom stereocenters. The van der Waals surface area contributed by atoms with Crippen molar-refractivity contribution < 1.29 is 4.79 Å². The van der Waals surface area contributed by atoms with E-state index in [-0.39, 0.29) is 11.8 Å². The first kappa shape index (κ1) is 13.4. The molecule has 15 heavy (non-hydrogen) atoms.